The first-order chi connectivity index (χ1) is 9.34. The Morgan fingerprint density at radius 2 is 2.15 bits per heavy atom. The molecule has 1 aliphatic heterocycles. The number of pyridine rings is 1. The number of nitrogens with zero attached hydrogens (tertiary/aromatic N) is 2. The van der Waals surface area contributed by atoms with Gasteiger partial charge in [0.25, 0.3) is 0 Å². The van der Waals surface area contributed by atoms with Gasteiger partial charge in [0.05, 0.1) is 0 Å². The van der Waals surface area contributed by atoms with Crippen molar-refractivity contribution in [1.29, 1.82) is 0 Å². The van der Waals surface area contributed by atoms with E-state index in [1.54, 1.807) is 10.4 Å². The largest absolute Gasteiger partial charge is 0.388 e. The van der Waals surface area contributed by atoms with E-state index in [2.05, 4.69) is 11.9 Å². The molecule has 7 heteroatoms. The van der Waals surface area contributed by atoms with E-state index in [4.69, 9.17) is 18.0 Å². The number of piperidine rings is 1. The van der Waals surface area contributed by atoms with Crippen LogP contribution in [0.1, 0.15) is 32.4 Å². The van der Waals surface area contributed by atoms with Crippen molar-refractivity contribution < 1.29 is 8.42 Å². The summed E-state index contributed by atoms with van der Waals surface area (Å²) in [5.41, 5.74) is 5.76. The van der Waals surface area contributed by atoms with Gasteiger partial charge < -0.3 is 5.73 Å². The van der Waals surface area contributed by atoms with Crippen LogP contribution in [-0.2, 0) is 10.0 Å². The minimum absolute atomic E-state index is 0.00175. The van der Waals surface area contributed by atoms with Gasteiger partial charge in [-0.15, -0.1) is 0 Å². The lowest BCUT2D eigenvalue weighted by molar-refractivity contribution is 0.218. The van der Waals surface area contributed by atoms with E-state index in [1.165, 1.54) is 12.3 Å². The number of hydrogen-bond acceptors (Lipinski definition) is 4. The average molecular weight is 313 g/mol. The molecule has 2 atom stereocenters. The average Bonchev–Trinajstić information content (AvgIpc) is 2.41. The molecule has 2 rings (SSSR count). The van der Waals surface area contributed by atoms with Crippen molar-refractivity contribution in [2.75, 3.05) is 6.54 Å². The maximum atomic E-state index is 12.8. The van der Waals surface area contributed by atoms with Crippen LogP contribution in [0.2, 0.25) is 0 Å². The summed E-state index contributed by atoms with van der Waals surface area (Å²) in [6, 6.07) is 3.09. The van der Waals surface area contributed by atoms with Gasteiger partial charge in [-0.05, 0) is 37.8 Å². The number of sulfonamides is 1. The number of thiocarbonyl (C=S) groups is 1. The number of nitrogens with two attached hydrogens (primary N) is 1. The quantitative estimate of drug-likeness (QED) is 0.856. The molecule has 2 heterocycles. The molecule has 0 radical (unpaired) electrons. The maximum absolute atomic E-state index is 12.8. The van der Waals surface area contributed by atoms with E-state index in [0.29, 0.717) is 12.5 Å². The fraction of sp³-hybridized carbons (Fsp3) is 0.538. The lowest BCUT2D eigenvalue weighted by atomic mass is 9.97. The van der Waals surface area contributed by atoms with Gasteiger partial charge in [-0.25, -0.2) is 8.42 Å². The minimum atomic E-state index is -3.62. The van der Waals surface area contributed by atoms with Crippen molar-refractivity contribution >= 4 is 27.2 Å². The van der Waals surface area contributed by atoms with Gasteiger partial charge in [0, 0.05) is 18.8 Å². The third-order valence-corrected chi connectivity index (χ3v) is 5.86. The van der Waals surface area contributed by atoms with Crippen LogP contribution in [-0.4, -0.2) is 35.3 Å². The van der Waals surface area contributed by atoms with Crippen LogP contribution < -0.4 is 5.73 Å². The highest BCUT2D eigenvalue weighted by molar-refractivity contribution is 7.89. The standard InChI is InChI=1S/C13H19N3O2S2/c1-9-5-6-10(2)16(8-9)20(17,18)11-4-3-7-15-12(11)13(14)19/h3-4,7,9-10H,5-6,8H2,1-2H3,(H2,14,19). The fourth-order valence-corrected chi connectivity index (χ4v) is 4.66. The molecular weight excluding hydrogens is 294 g/mol. The first kappa shape index (κ1) is 15.3. The second kappa shape index (κ2) is 5.75. The second-order valence-corrected chi connectivity index (χ2v) is 7.62. The van der Waals surface area contributed by atoms with Gasteiger partial charge in [-0.2, -0.15) is 4.31 Å². The van der Waals surface area contributed by atoms with Crippen molar-refractivity contribution in [3.8, 4) is 0 Å². The Balaban J connectivity index is 2.47. The zero-order valence-corrected chi connectivity index (χ0v) is 13.2. The number of aromatic nitrogens is 1. The van der Waals surface area contributed by atoms with Gasteiger partial charge >= 0.3 is 0 Å². The van der Waals surface area contributed by atoms with Crippen molar-refractivity contribution in [2.24, 2.45) is 11.7 Å². The summed E-state index contributed by atoms with van der Waals surface area (Å²) in [5.74, 6) is 0.353. The van der Waals surface area contributed by atoms with Gasteiger partial charge in [0.1, 0.15) is 15.6 Å². The summed E-state index contributed by atoms with van der Waals surface area (Å²) in [5, 5.41) is 0. The third kappa shape index (κ3) is 2.84. The van der Waals surface area contributed by atoms with Crippen molar-refractivity contribution in [3.05, 3.63) is 24.0 Å². The monoisotopic (exact) mass is 313 g/mol. The molecule has 0 saturated carbocycles. The Morgan fingerprint density at radius 3 is 2.80 bits per heavy atom. The number of rotatable bonds is 3. The van der Waals surface area contributed by atoms with Crippen LogP contribution in [0.3, 0.4) is 0 Å². The normalized spacial score (nSPS) is 24.5. The summed E-state index contributed by atoms with van der Waals surface area (Å²) in [6.45, 7) is 4.52. The number of hydrogen-bond donors (Lipinski definition) is 1. The molecule has 1 fully saturated rings. The van der Waals surface area contributed by atoms with E-state index in [9.17, 15) is 8.42 Å². The molecule has 2 N–H and O–H groups in total. The van der Waals surface area contributed by atoms with Gasteiger partial charge in [-0.3, -0.25) is 4.98 Å². The Hall–Kier alpha value is -1.05. The molecule has 2 unspecified atom stereocenters. The summed E-state index contributed by atoms with van der Waals surface area (Å²) in [4.78, 5) is 4.12. The molecule has 0 spiro atoms. The highest BCUT2D eigenvalue weighted by Gasteiger charge is 2.35. The zero-order valence-electron chi connectivity index (χ0n) is 11.6. The van der Waals surface area contributed by atoms with Crippen LogP contribution in [0.5, 0.6) is 0 Å². The molecule has 1 aliphatic rings. The predicted octanol–water partition coefficient (Wildman–Crippen LogP) is 1.52. The predicted molar refractivity (Wildman–Crippen MR) is 81.9 cm³/mol. The first-order valence-corrected chi connectivity index (χ1v) is 8.45. The Labute approximate surface area is 125 Å². The molecule has 20 heavy (non-hydrogen) atoms. The van der Waals surface area contributed by atoms with Crippen LogP contribution in [0, 0.1) is 5.92 Å². The molecule has 0 aliphatic carbocycles. The summed E-state index contributed by atoms with van der Waals surface area (Å²) in [7, 11) is -3.62. The third-order valence-electron chi connectivity index (χ3n) is 3.65. The lowest BCUT2D eigenvalue weighted by Gasteiger charge is -2.35. The highest BCUT2D eigenvalue weighted by Crippen LogP contribution is 2.28. The molecule has 5 nitrogen and oxygen atoms in total. The Bertz CT molecular complexity index is 616. The topological polar surface area (TPSA) is 76.3 Å². The SMILES string of the molecule is CC1CCC(C)N(S(=O)(=O)c2cccnc2C(N)=S)C1. The highest BCUT2D eigenvalue weighted by atomic mass is 32.2. The van der Waals surface area contributed by atoms with E-state index in [1.807, 2.05) is 6.92 Å². The van der Waals surface area contributed by atoms with Crippen LogP contribution in [0.15, 0.2) is 23.2 Å². The molecule has 0 aromatic carbocycles. The summed E-state index contributed by atoms with van der Waals surface area (Å²) >= 11 is 4.90. The van der Waals surface area contributed by atoms with Crippen LogP contribution in [0.25, 0.3) is 0 Å². The molecule has 1 aromatic heterocycles. The van der Waals surface area contributed by atoms with E-state index < -0.39 is 10.0 Å². The fourth-order valence-electron chi connectivity index (χ4n) is 2.49. The maximum Gasteiger partial charge on any atom is 0.245 e. The lowest BCUT2D eigenvalue weighted by Crippen LogP contribution is -2.45. The second-order valence-electron chi connectivity index (χ2n) is 5.32. The van der Waals surface area contributed by atoms with Crippen LogP contribution in [0.4, 0.5) is 0 Å². The molecule has 110 valence electrons. The Kier molecular flexibility index (Phi) is 4.41. The van der Waals surface area contributed by atoms with Crippen molar-refractivity contribution in [3.63, 3.8) is 0 Å². The molecular formula is C13H19N3O2S2. The van der Waals surface area contributed by atoms with E-state index in [0.717, 1.165) is 12.8 Å². The summed E-state index contributed by atoms with van der Waals surface area (Å²) in [6.07, 6.45) is 3.40. The molecule has 1 aromatic rings. The van der Waals surface area contributed by atoms with E-state index in [-0.39, 0.29) is 21.6 Å². The molecule has 0 amide bonds. The van der Waals surface area contributed by atoms with Gasteiger partial charge in [-0.1, -0.05) is 19.1 Å². The smallest absolute Gasteiger partial charge is 0.245 e. The zero-order chi connectivity index (χ0) is 14.9. The van der Waals surface area contributed by atoms with Crippen molar-refractivity contribution in [2.45, 2.75) is 37.6 Å². The first-order valence-electron chi connectivity index (χ1n) is 6.60. The van der Waals surface area contributed by atoms with Crippen LogP contribution >= 0.6 is 12.2 Å². The Morgan fingerprint density at radius 1 is 1.45 bits per heavy atom. The van der Waals surface area contributed by atoms with E-state index >= 15 is 0 Å². The van der Waals surface area contributed by atoms with Gasteiger partial charge in [0.2, 0.25) is 10.0 Å². The molecule has 0 bridgehead atoms. The van der Waals surface area contributed by atoms with Gasteiger partial charge in [0.15, 0.2) is 0 Å². The molecule has 1 saturated heterocycles. The van der Waals surface area contributed by atoms with Crippen molar-refractivity contribution in [1.82, 2.24) is 9.29 Å². The minimum Gasteiger partial charge on any atom is -0.388 e. The summed E-state index contributed by atoms with van der Waals surface area (Å²) < 4.78 is 27.2.